The van der Waals surface area contributed by atoms with E-state index in [4.69, 9.17) is 24.0 Å². The average molecular weight is 497 g/mol. The van der Waals surface area contributed by atoms with Gasteiger partial charge in [0.25, 0.3) is 0 Å². The maximum atomic E-state index is 12.8. The van der Waals surface area contributed by atoms with E-state index < -0.39 is 5.97 Å². The number of carbonyl (C=O) groups is 1. The Bertz CT molecular complexity index is 1480. The van der Waals surface area contributed by atoms with E-state index in [1.165, 1.54) is 0 Å². The van der Waals surface area contributed by atoms with Crippen LogP contribution in [0.1, 0.15) is 40.7 Å². The lowest BCUT2D eigenvalue weighted by Crippen LogP contribution is -2.10. The predicted molar refractivity (Wildman–Crippen MR) is 141 cm³/mol. The molecule has 1 N–H and O–H groups in total. The molecule has 1 aliphatic carbocycles. The number of nitrogens with zero attached hydrogens (tertiary/aromatic N) is 3. The van der Waals surface area contributed by atoms with Crippen molar-refractivity contribution >= 4 is 22.8 Å². The summed E-state index contributed by atoms with van der Waals surface area (Å²) in [7, 11) is 0. The van der Waals surface area contributed by atoms with Gasteiger partial charge in [-0.05, 0) is 68.3 Å². The summed E-state index contributed by atoms with van der Waals surface area (Å²) in [6, 6.07) is 13.3. The molecule has 8 heteroatoms. The average Bonchev–Trinajstić information content (AvgIpc) is 3.44. The number of pyridine rings is 1. The molecule has 0 radical (unpaired) electrons. The predicted octanol–water partition coefficient (Wildman–Crippen LogP) is 5.95. The molecular formula is C29H28N4O4. The Balaban J connectivity index is 1.42. The molecule has 1 aromatic carbocycles. The maximum Gasteiger partial charge on any atom is 0.339 e. The van der Waals surface area contributed by atoms with Gasteiger partial charge in [0.05, 0.1) is 42.6 Å². The highest BCUT2D eigenvalue weighted by atomic mass is 16.5. The lowest BCUT2D eigenvalue weighted by Gasteiger charge is -2.10. The zero-order chi connectivity index (χ0) is 25.6. The summed E-state index contributed by atoms with van der Waals surface area (Å²) in [6.45, 7) is 4.86. The van der Waals surface area contributed by atoms with E-state index >= 15 is 0 Å². The van der Waals surface area contributed by atoms with Crippen LogP contribution in [0.2, 0.25) is 0 Å². The van der Waals surface area contributed by atoms with Crippen molar-refractivity contribution in [2.24, 2.45) is 0 Å². The number of allylic oxidation sites excluding steroid dienone is 5. The number of nitrogens with one attached hydrogen (secondary N) is 1. The third kappa shape index (κ3) is 5.64. The summed E-state index contributed by atoms with van der Waals surface area (Å²) in [4.78, 5) is 17.6. The van der Waals surface area contributed by atoms with Crippen LogP contribution in [-0.2, 0) is 17.8 Å². The van der Waals surface area contributed by atoms with Gasteiger partial charge >= 0.3 is 5.97 Å². The molecule has 0 fully saturated rings. The summed E-state index contributed by atoms with van der Waals surface area (Å²) in [5.41, 5.74) is 2.77. The lowest BCUT2D eigenvalue weighted by molar-refractivity contribution is 0.0528. The van der Waals surface area contributed by atoms with Crippen molar-refractivity contribution in [3.8, 4) is 5.75 Å². The van der Waals surface area contributed by atoms with Crippen LogP contribution in [-0.4, -0.2) is 27.3 Å². The Morgan fingerprint density at radius 3 is 2.84 bits per heavy atom. The van der Waals surface area contributed by atoms with Crippen LogP contribution in [0, 0.1) is 6.92 Å². The molecule has 0 bridgehead atoms. The van der Waals surface area contributed by atoms with Gasteiger partial charge in [-0.3, -0.25) is 0 Å². The molecule has 0 unspecified atom stereocenters. The van der Waals surface area contributed by atoms with Gasteiger partial charge in [-0.1, -0.05) is 30.4 Å². The van der Waals surface area contributed by atoms with E-state index in [1.54, 1.807) is 19.3 Å². The first-order valence-electron chi connectivity index (χ1n) is 12.2. The van der Waals surface area contributed by atoms with Crippen LogP contribution < -0.4 is 10.1 Å². The number of aromatic nitrogens is 3. The number of rotatable bonds is 9. The van der Waals surface area contributed by atoms with E-state index in [1.807, 2.05) is 72.3 Å². The minimum absolute atomic E-state index is 0.280. The monoisotopic (exact) mass is 496 g/mol. The highest BCUT2D eigenvalue weighted by Crippen LogP contribution is 2.26. The standard InChI is InChI=1S/C29H28N4O4/c1-3-35-29(34)25-17-26(30-18-24-11-8-16-36-24)31-28-27(25)20(2)32-33(28)19-21-12-14-23(15-13-21)37-22-9-6-4-5-7-10-22/h4-6,8-17H,3,7,18-19H2,1-2H3,(H,30,31). The summed E-state index contributed by atoms with van der Waals surface area (Å²) < 4.78 is 18.5. The summed E-state index contributed by atoms with van der Waals surface area (Å²) in [5, 5.41) is 8.63. The Kier molecular flexibility index (Phi) is 7.16. The first kappa shape index (κ1) is 24.1. The molecule has 0 amide bonds. The molecule has 188 valence electrons. The molecule has 3 aromatic heterocycles. The summed E-state index contributed by atoms with van der Waals surface area (Å²) in [5.74, 6) is 2.47. The first-order valence-corrected chi connectivity index (χ1v) is 12.2. The molecule has 5 rings (SSSR count). The largest absolute Gasteiger partial charge is 0.467 e. The summed E-state index contributed by atoms with van der Waals surface area (Å²) in [6.07, 6.45) is 12.5. The fourth-order valence-electron chi connectivity index (χ4n) is 4.12. The van der Waals surface area contributed by atoms with Crippen molar-refractivity contribution in [1.82, 2.24) is 14.8 Å². The van der Waals surface area contributed by atoms with Gasteiger partial charge in [0, 0.05) is 0 Å². The Morgan fingerprint density at radius 1 is 1.19 bits per heavy atom. The lowest BCUT2D eigenvalue weighted by atomic mass is 10.1. The minimum Gasteiger partial charge on any atom is -0.467 e. The SMILES string of the molecule is CCOC(=O)c1cc(NCc2ccco2)nc2c1c(C)nn2Cc1ccc(OC2=CCC=CC=C2)cc1. The van der Waals surface area contributed by atoms with Gasteiger partial charge in [0.1, 0.15) is 23.1 Å². The molecule has 0 spiro atoms. The van der Waals surface area contributed by atoms with E-state index in [9.17, 15) is 4.79 Å². The van der Waals surface area contributed by atoms with Crippen LogP contribution >= 0.6 is 0 Å². The van der Waals surface area contributed by atoms with Crippen molar-refractivity contribution in [3.05, 3.63) is 107 Å². The zero-order valence-corrected chi connectivity index (χ0v) is 20.8. The first-order chi connectivity index (χ1) is 18.1. The molecule has 3 heterocycles. The second kappa shape index (κ2) is 11.0. The number of ether oxygens (including phenoxy) is 2. The molecule has 0 atom stereocenters. The van der Waals surface area contributed by atoms with Crippen LogP contribution in [0.25, 0.3) is 11.0 Å². The molecule has 1 aliphatic rings. The molecule has 4 aromatic rings. The highest BCUT2D eigenvalue weighted by molar-refractivity contribution is 6.04. The number of anilines is 1. The van der Waals surface area contributed by atoms with Gasteiger partial charge in [0.15, 0.2) is 5.65 Å². The fourth-order valence-corrected chi connectivity index (χ4v) is 4.12. The van der Waals surface area contributed by atoms with Crippen LogP contribution in [0.5, 0.6) is 5.75 Å². The smallest absolute Gasteiger partial charge is 0.339 e. The number of benzene rings is 1. The quantitative estimate of drug-likeness (QED) is 0.286. The Morgan fingerprint density at radius 2 is 2.05 bits per heavy atom. The topological polar surface area (TPSA) is 91.4 Å². The number of fused-ring (bicyclic) bond motifs is 1. The number of esters is 1. The number of aryl methyl sites for hydroxylation is 1. The molecular weight excluding hydrogens is 468 g/mol. The molecule has 37 heavy (non-hydrogen) atoms. The van der Waals surface area contributed by atoms with Crippen LogP contribution in [0.4, 0.5) is 5.82 Å². The fraction of sp³-hybridized carbons (Fsp3) is 0.207. The van der Waals surface area contributed by atoms with Gasteiger partial charge in [0.2, 0.25) is 0 Å². The van der Waals surface area contributed by atoms with Crippen LogP contribution in [0.15, 0.2) is 89.3 Å². The zero-order valence-electron chi connectivity index (χ0n) is 20.8. The van der Waals surface area contributed by atoms with Crippen molar-refractivity contribution in [1.29, 1.82) is 0 Å². The van der Waals surface area contributed by atoms with Crippen molar-refractivity contribution in [3.63, 3.8) is 0 Å². The van der Waals surface area contributed by atoms with Gasteiger partial charge in [-0.15, -0.1) is 0 Å². The number of hydrogen-bond acceptors (Lipinski definition) is 7. The maximum absolute atomic E-state index is 12.8. The summed E-state index contributed by atoms with van der Waals surface area (Å²) >= 11 is 0. The Labute approximate surface area is 214 Å². The third-order valence-corrected chi connectivity index (χ3v) is 5.85. The highest BCUT2D eigenvalue weighted by Gasteiger charge is 2.21. The number of carbonyl (C=O) groups excluding carboxylic acids is 1. The normalized spacial score (nSPS) is 12.9. The number of hydrogen-bond donors (Lipinski definition) is 1. The van der Waals surface area contributed by atoms with Gasteiger partial charge in [-0.25, -0.2) is 14.5 Å². The van der Waals surface area contributed by atoms with E-state index in [2.05, 4.69) is 11.4 Å². The van der Waals surface area contributed by atoms with E-state index in [0.717, 1.165) is 29.3 Å². The van der Waals surface area contributed by atoms with Crippen molar-refractivity contribution < 1.29 is 18.7 Å². The van der Waals surface area contributed by atoms with E-state index in [0.29, 0.717) is 41.2 Å². The molecule has 0 saturated heterocycles. The molecule has 8 nitrogen and oxygen atoms in total. The third-order valence-electron chi connectivity index (χ3n) is 5.85. The van der Waals surface area contributed by atoms with Gasteiger partial charge in [-0.2, -0.15) is 5.10 Å². The van der Waals surface area contributed by atoms with Crippen LogP contribution in [0.3, 0.4) is 0 Å². The molecule has 0 aliphatic heterocycles. The van der Waals surface area contributed by atoms with Crippen molar-refractivity contribution in [2.75, 3.05) is 11.9 Å². The van der Waals surface area contributed by atoms with Gasteiger partial charge < -0.3 is 19.2 Å². The second-order valence-electron chi connectivity index (χ2n) is 8.53. The van der Waals surface area contributed by atoms with Crippen molar-refractivity contribution in [2.45, 2.75) is 33.4 Å². The molecule has 0 saturated carbocycles. The van der Waals surface area contributed by atoms with E-state index in [-0.39, 0.29) is 6.61 Å². The number of furan rings is 1. The minimum atomic E-state index is -0.405. The second-order valence-corrected chi connectivity index (χ2v) is 8.53. The Hall–Kier alpha value is -4.59.